The van der Waals surface area contributed by atoms with Crippen LogP contribution in [0.25, 0.3) is 0 Å². The van der Waals surface area contributed by atoms with Crippen molar-refractivity contribution in [2.75, 3.05) is 19.8 Å². The first-order chi connectivity index (χ1) is 7.68. The average Bonchev–Trinajstić information content (AvgIpc) is 2.29. The molecule has 0 amide bonds. The molecule has 0 N–H and O–H groups in total. The van der Waals surface area contributed by atoms with Crippen LogP contribution in [0.1, 0.15) is 10.4 Å². The van der Waals surface area contributed by atoms with Gasteiger partial charge in [0.05, 0.1) is 24.8 Å². The van der Waals surface area contributed by atoms with Crippen LogP contribution in [-0.2, 0) is 9.47 Å². The average molecular weight is 261 g/mol. The largest absolute Gasteiger partial charge is 0.376 e. The summed E-state index contributed by atoms with van der Waals surface area (Å²) in [6, 6.07) is 4.77. The Labute approximate surface area is 103 Å². The molecule has 0 spiro atoms. The van der Waals surface area contributed by atoms with E-state index in [9.17, 15) is 4.79 Å². The summed E-state index contributed by atoms with van der Waals surface area (Å²) in [7, 11) is 0. The lowest BCUT2D eigenvalue weighted by Crippen LogP contribution is -2.35. The molecule has 1 saturated heterocycles. The number of hydrogen-bond acceptors (Lipinski definition) is 3. The Hall–Kier alpha value is -0.610. The smallest absolute Gasteiger partial charge is 0.195 e. The maximum atomic E-state index is 12.0. The lowest BCUT2D eigenvalue weighted by molar-refractivity contribution is -0.0719. The molecule has 0 radical (unpaired) electrons. The van der Waals surface area contributed by atoms with Crippen LogP contribution in [0.2, 0.25) is 10.0 Å². The molecular weight excluding hydrogens is 251 g/mol. The van der Waals surface area contributed by atoms with Gasteiger partial charge in [0.25, 0.3) is 0 Å². The fourth-order valence-corrected chi connectivity index (χ4v) is 2.00. The third-order valence-electron chi connectivity index (χ3n) is 2.30. The monoisotopic (exact) mass is 260 g/mol. The fourth-order valence-electron chi connectivity index (χ4n) is 1.50. The second-order valence-corrected chi connectivity index (χ2v) is 4.27. The van der Waals surface area contributed by atoms with Gasteiger partial charge in [-0.3, -0.25) is 4.79 Å². The molecule has 2 rings (SSSR count). The van der Waals surface area contributed by atoms with E-state index in [1.54, 1.807) is 18.2 Å². The highest BCUT2D eigenvalue weighted by molar-refractivity contribution is 6.37. The minimum Gasteiger partial charge on any atom is -0.376 e. The number of benzene rings is 1. The van der Waals surface area contributed by atoms with E-state index in [0.717, 1.165) is 0 Å². The van der Waals surface area contributed by atoms with Crippen LogP contribution >= 0.6 is 23.2 Å². The Morgan fingerprint density at radius 1 is 1.31 bits per heavy atom. The number of ether oxygens (including phenoxy) is 2. The van der Waals surface area contributed by atoms with Crippen molar-refractivity contribution in [2.24, 2.45) is 0 Å². The van der Waals surface area contributed by atoms with Gasteiger partial charge in [-0.05, 0) is 18.2 Å². The number of carbonyl (C=O) groups excluding carboxylic acids is 1. The van der Waals surface area contributed by atoms with Gasteiger partial charge in [-0.1, -0.05) is 23.2 Å². The molecular formula is C11H10Cl2O3. The van der Waals surface area contributed by atoms with Crippen LogP contribution in [0.5, 0.6) is 0 Å². The van der Waals surface area contributed by atoms with E-state index in [0.29, 0.717) is 28.8 Å². The summed E-state index contributed by atoms with van der Waals surface area (Å²) in [5, 5.41) is 0.842. The van der Waals surface area contributed by atoms with Crippen LogP contribution in [0.15, 0.2) is 18.2 Å². The standard InChI is InChI=1S/C11H10Cl2O3/c12-7-1-2-8(9(13)5-7)11(14)10-6-15-3-4-16-10/h1-2,5,10H,3-4,6H2. The number of ketones is 1. The van der Waals surface area contributed by atoms with Gasteiger partial charge in [0.1, 0.15) is 6.10 Å². The van der Waals surface area contributed by atoms with Gasteiger partial charge in [0.2, 0.25) is 0 Å². The third kappa shape index (κ3) is 2.55. The summed E-state index contributed by atoms with van der Waals surface area (Å²) in [4.78, 5) is 12.0. The molecule has 1 atom stereocenters. The molecule has 1 heterocycles. The van der Waals surface area contributed by atoms with Crippen molar-refractivity contribution in [3.05, 3.63) is 33.8 Å². The number of halogens is 2. The zero-order valence-corrected chi connectivity index (χ0v) is 9.92. The van der Waals surface area contributed by atoms with Crippen molar-refractivity contribution in [2.45, 2.75) is 6.10 Å². The van der Waals surface area contributed by atoms with E-state index in [1.165, 1.54) is 0 Å². The Morgan fingerprint density at radius 2 is 2.12 bits per heavy atom. The summed E-state index contributed by atoms with van der Waals surface area (Å²) in [5.41, 5.74) is 0.418. The predicted molar refractivity (Wildman–Crippen MR) is 61.4 cm³/mol. The van der Waals surface area contributed by atoms with E-state index in [4.69, 9.17) is 32.7 Å². The molecule has 0 aliphatic carbocycles. The third-order valence-corrected chi connectivity index (χ3v) is 2.85. The fraction of sp³-hybridized carbons (Fsp3) is 0.364. The molecule has 0 bridgehead atoms. The van der Waals surface area contributed by atoms with E-state index in [2.05, 4.69) is 0 Å². The highest BCUT2D eigenvalue weighted by Crippen LogP contribution is 2.23. The van der Waals surface area contributed by atoms with Crippen LogP contribution < -0.4 is 0 Å². The van der Waals surface area contributed by atoms with Crippen LogP contribution in [0.3, 0.4) is 0 Å². The molecule has 1 aromatic carbocycles. The van der Waals surface area contributed by atoms with Crippen LogP contribution in [0.4, 0.5) is 0 Å². The molecule has 1 aliphatic rings. The van der Waals surface area contributed by atoms with Crippen molar-refractivity contribution in [3.8, 4) is 0 Å². The lowest BCUT2D eigenvalue weighted by atomic mass is 10.1. The second-order valence-electron chi connectivity index (χ2n) is 3.42. The molecule has 0 aromatic heterocycles. The van der Waals surface area contributed by atoms with Gasteiger partial charge < -0.3 is 9.47 Å². The summed E-state index contributed by atoms with van der Waals surface area (Å²) < 4.78 is 10.5. The maximum Gasteiger partial charge on any atom is 0.195 e. The zero-order chi connectivity index (χ0) is 11.5. The van der Waals surface area contributed by atoms with Crippen molar-refractivity contribution in [3.63, 3.8) is 0 Å². The summed E-state index contributed by atoms with van der Waals surface area (Å²) in [5.74, 6) is -0.165. The lowest BCUT2D eigenvalue weighted by Gasteiger charge is -2.22. The summed E-state index contributed by atoms with van der Waals surface area (Å²) >= 11 is 11.7. The van der Waals surface area contributed by atoms with E-state index < -0.39 is 6.10 Å². The Balaban J connectivity index is 2.19. The number of rotatable bonds is 2. The quantitative estimate of drug-likeness (QED) is 0.767. The molecule has 1 aliphatic heterocycles. The molecule has 86 valence electrons. The van der Waals surface area contributed by atoms with Gasteiger partial charge in [-0.2, -0.15) is 0 Å². The van der Waals surface area contributed by atoms with Gasteiger partial charge in [-0.15, -0.1) is 0 Å². The molecule has 0 saturated carbocycles. The Kier molecular flexibility index (Phi) is 3.82. The van der Waals surface area contributed by atoms with E-state index >= 15 is 0 Å². The normalized spacial score (nSPS) is 20.8. The van der Waals surface area contributed by atoms with Gasteiger partial charge in [0, 0.05) is 10.6 Å². The van der Waals surface area contributed by atoms with Crippen molar-refractivity contribution in [1.29, 1.82) is 0 Å². The molecule has 1 unspecified atom stereocenters. The zero-order valence-electron chi connectivity index (χ0n) is 8.41. The van der Waals surface area contributed by atoms with Crippen molar-refractivity contribution in [1.82, 2.24) is 0 Å². The summed E-state index contributed by atoms with van der Waals surface area (Å²) in [6.45, 7) is 1.23. The van der Waals surface area contributed by atoms with Crippen LogP contribution in [-0.4, -0.2) is 31.7 Å². The highest BCUT2D eigenvalue weighted by Gasteiger charge is 2.25. The minimum atomic E-state index is -0.563. The number of hydrogen-bond donors (Lipinski definition) is 0. The second kappa shape index (κ2) is 5.15. The molecule has 1 fully saturated rings. The molecule has 5 heteroatoms. The topological polar surface area (TPSA) is 35.5 Å². The molecule has 3 nitrogen and oxygen atoms in total. The molecule has 1 aromatic rings. The highest BCUT2D eigenvalue weighted by atomic mass is 35.5. The first-order valence-corrected chi connectivity index (χ1v) is 5.62. The predicted octanol–water partition coefficient (Wildman–Crippen LogP) is 2.59. The first-order valence-electron chi connectivity index (χ1n) is 4.87. The summed E-state index contributed by atoms with van der Waals surface area (Å²) in [6.07, 6.45) is -0.563. The Bertz CT molecular complexity index is 400. The first kappa shape index (κ1) is 11.9. The number of carbonyl (C=O) groups is 1. The number of Topliss-reactive ketones (excluding diaryl/α,β-unsaturated/α-hetero) is 1. The molecule has 16 heavy (non-hydrogen) atoms. The van der Waals surface area contributed by atoms with Gasteiger partial charge in [0.15, 0.2) is 5.78 Å². The van der Waals surface area contributed by atoms with Crippen LogP contribution in [0, 0.1) is 0 Å². The van der Waals surface area contributed by atoms with Crippen molar-refractivity contribution >= 4 is 29.0 Å². The Morgan fingerprint density at radius 3 is 2.75 bits per heavy atom. The minimum absolute atomic E-state index is 0.165. The van der Waals surface area contributed by atoms with E-state index in [1.807, 2.05) is 0 Å². The van der Waals surface area contributed by atoms with Crippen molar-refractivity contribution < 1.29 is 14.3 Å². The van der Waals surface area contributed by atoms with Gasteiger partial charge >= 0.3 is 0 Å². The maximum absolute atomic E-state index is 12.0. The van der Waals surface area contributed by atoms with Gasteiger partial charge in [-0.25, -0.2) is 0 Å². The van der Waals surface area contributed by atoms with E-state index in [-0.39, 0.29) is 12.4 Å². The SMILES string of the molecule is O=C(c1ccc(Cl)cc1Cl)C1COCCO1.